The van der Waals surface area contributed by atoms with Gasteiger partial charge >= 0.3 is 17.9 Å². The van der Waals surface area contributed by atoms with Gasteiger partial charge in [-0.05, 0) is 50.3 Å². The number of anilines is 1. The molecule has 178 valence electrons. The molecule has 9 nitrogen and oxygen atoms in total. The first-order valence-corrected chi connectivity index (χ1v) is 10.8. The fourth-order valence-electron chi connectivity index (χ4n) is 4.86. The molecule has 2 aliphatic rings. The molecule has 9 heteroatoms. The number of rotatable bonds is 5. The first-order chi connectivity index (χ1) is 14.8. The molecule has 0 bridgehead atoms. The number of piperidine rings is 1. The Morgan fingerprint density at radius 1 is 1.06 bits per heavy atom. The second-order valence-electron chi connectivity index (χ2n) is 9.35. The molecule has 1 aromatic carbocycles. The summed E-state index contributed by atoms with van der Waals surface area (Å²) in [4.78, 5) is 33.0. The number of aliphatic hydroxyl groups is 1. The molecule has 0 aromatic heterocycles. The van der Waals surface area contributed by atoms with Gasteiger partial charge in [-0.25, -0.2) is 4.79 Å². The number of benzene rings is 1. The Bertz CT molecular complexity index is 843. The van der Waals surface area contributed by atoms with E-state index in [-0.39, 0.29) is 0 Å². The average Bonchev–Trinajstić information content (AvgIpc) is 2.66. The molecule has 0 radical (unpaired) electrons. The van der Waals surface area contributed by atoms with Crippen LogP contribution in [0.3, 0.4) is 0 Å². The van der Waals surface area contributed by atoms with Crippen molar-refractivity contribution in [3.8, 4) is 0 Å². The molecule has 0 amide bonds. The molecule has 1 spiro atoms. The van der Waals surface area contributed by atoms with Crippen LogP contribution in [0.1, 0.15) is 57.9 Å². The molecule has 1 fully saturated rings. The molecule has 0 aliphatic carbocycles. The minimum Gasteiger partial charge on any atom is -0.481 e. The fraction of sp³-hybridized carbons (Fsp3) is 0.609. The molecule has 4 atom stereocenters. The van der Waals surface area contributed by atoms with Crippen LogP contribution in [0.5, 0.6) is 0 Å². The van der Waals surface area contributed by atoms with Gasteiger partial charge in [0, 0.05) is 23.8 Å². The molecular formula is C23H34N2O7. The van der Waals surface area contributed by atoms with E-state index < -0.39 is 36.4 Å². The van der Waals surface area contributed by atoms with Crippen molar-refractivity contribution in [2.75, 3.05) is 18.9 Å². The van der Waals surface area contributed by atoms with Crippen molar-refractivity contribution in [2.24, 2.45) is 5.92 Å². The predicted octanol–water partition coefficient (Wildman–Crippen LogP) is 2.46. The lowest BCUT2D eigenvalue weighted by atomic mass is 9.68. The Labute approximate surface area is 188 Å². The second-order valence-corrected chi connectivity index (χ2v) is 9.35. The Kier molecular flexibility index (Phi) is 7.90. The summed E-state index contributed by atoms with van der Waals surface area (Å²) in [7, 11) is 2.26. The minimum absolute atomic E-state index is 0.291. The van der Waals surface area contributed by atoms with Gasteiger partial charge in [0.2, 0.25) is 0 Å². The standard InChI is InChI=1S/C17H26N2.C6H8O7/c1-12-9-17(10-14(3)19(4)11-13(17)2)18-16-8-6-5-7-15(12)16;7-3(8)1-6(13,5(11)12)2-4(9)10/h5-8,12-14,18H,9-11H2,1-4H3;13H,1-2H2,(H,7,8)(H,9,10)(H,11,12). The Balaban J connectivity index is 0.000000247. The van der Waals surface area contributed by atoms with Gasteiger partial charge in [-0.15, -0.1) is 0 Å². The summed E-state index contributed by atoms with van der Waals surface area (Å²) in [6, 6.07) is 9.52. The number of nitrogens with zero attached hydrogens (tertiary/aromatic N) is 1. The van der Waals surface area contributed by atoms with E-state index in [4.69, 9.17) is 20.4 Å². The summed E-state index contributed by atoms with van der Waals surface area (Å²) in [5, 5.41) is 37.7. The van der Waals surface area contributed by atoms with Crippen LogP contribution in [-0.4, -0.2) is 74.0 Å². The highest BCUT2D eigenvalue weighted by Gasteiger charge is 2.46. The van der Waals surface area contributed by atoms with Crippen molar-refractivity contribution in [1.82, 2.24) is 4.90 Å². The van der Waals surface area contributed by atoms with E-state index in [1.807, 2.05) is 0 Å². The van der Waals surface area contributed by atoms with Crippen molar-refractivity contribution < 1.29 is 34.8 Å². The molecule has 0 saturated carbocycles. The third kappa shape index (κ3) is 5.77. The number of aliphatic carboxylic acids is 3. The normalized spacial score (nSPS) is 27.5. The SMILES string of the molecule is CC1CC2(CC(C)N(C)CC2C)Nc2ccccc21.O=C(O)CC(O)(CC(=O)O)C(=O)O. The van der Waals surface area contributed by atoms with Gasteiger partial charge in [0.25, 0.3) is 0 Å². The summed E-state index contributed by atoms with van der Waals surface area (Å²) < 4.78 is 0. The number of hydrogen-bond donors (Lipinski definition) is 5. The number of carboxylic acids is 3. The third-order valence-electron chi connectivity index (χ3n) is 6.75. The predicted molar refractivity (Wildman–Crippen MR) is 119 cm³/mol. The van der Waals surface area contributed by atoms with Crippen LogP contribution in [0.2, 0.25) is 0 Å². The quantitative estimate of drug-likeness (QED) is 0.456. The van der Waals surface area contributed by atoms with Crippen molar-refractivity contribution in [2.45, 2.75) is 69.6 Å². The van der Waals surface area contributed by atoms with E-state index in [0.29, 0.717) is 23.4 Å². The van der Waals surface area contributed by atoms with E-state index in [1.54, 1.807) is 0 Å². The van der Waals surface area contributed by atoms with E-state index in [9.17, 15) is 14.4 Å². The number of hydrogen-bond acceptors (Lipinski definition) is 6. The smallest absolute Gasteiger partial charge is 0.336 e. The number of fused-ring (bicyclic) bond motifs is 1. The van der Waals surface area contributed by atoms with Crippen LogP contribution in [0.25, 0.3) is 0 Å². The van der Waals surface area contributed by atoms with Crippen LogP contribution in [0, 0.1) is 5.92 Å². The number of nitrogens with one attached hydrogen (secondary N) is 1. The van der Waals surface area contributed by atoms with Crippen LogP contribution in [-0.2, 0) is 14.4 Å². The third-order valence-corrected chi connectivity index (χ3v) is 6.75. The maximum absolute atomic E-state index is 10.3. The summed E-state index contributed by atoms with van der Waals surface area (Å²) in [6.45, 7) is 8.36. The van der Waals surface area contributed by atoms with Gasteiger partial charge in [-0.3, -0.25) is 9.59 Å². The van der Waals surface area contributed by atoms with Crippen LogP contribution in [0.4, 0.5) is 5.69 Å². The lowest BCUT2D eigenvalue weighted by molar-refractivity contribution is -0.170. The second kappa shape index (κ2) is 9.87. The summed E-state index contributed by atoms with van der Waals surface area (Å²) in [5.74, 6) is -3.66. The maximum Gasteiger partial charge on any atom is 0.336 e. The van der Waals surface area contributed by atoms with Gasteiger partial charge in [-0.1, -0.05) is 32.0 Å². The van der Waals surface area contributed by atoms with Gasteiger partial charge in [0.15, 0.2) is 5.60 Å². The van der Waals surface area contributed by atoms with E-state index >= 15 is 0 Å². The molecule has 5 N–H and O–H groups in total. The Morgan fingerprint density at radius 3 is 2.16 bits per heavy atom. The van der Waals surface area contributed by atoms with Crippen molar-refractivity contribution >= 4 is 23.6 Å². The van der Waals surface area contributed by atoms with Gasteiger partial charge in [0.05, 0.1) is 12.8 Å². The van der Waals surface area contributed by atoms with Crippen molar-refractivity contribution in [3.05, 3.63) is 29.8 Å². The number of carboxylic acid groups (broad SMARTS) is 3. The number of carbonyl (C=O) groups is 3. The van der Waals surface area contributed by atoms with Crippen LogP contribution < -0.4 is 5.32 Å². The molecule has 2 aliphatic heterocycles. The maximum atomic E-state index is 10.3. The molecule has 1 aromatic rings. The monoisotopic (exact) mass is 450 g/mol. The zero-order chi connectivity index (χ0) is 24.3. The summed E-state index contributed by atoms with van der Waals surface area (Å²) in [5.41, 5.74) is 0.411. The van der Waals surface area contributed by atoms with Gasteiger partial charge in [-0.2, -0.15) is 0 Å². The topological polar surface area (TPSA) is 147 Å². The first kappa shape index (κ1) is 25.6. The number of para-hydroxylation sites is 1. The van der Waals surface area contributed by atoms with Crippen LogP contribution in [0.15, 0.2) is 24.3 Å². The first-order valence-electron chi connectivity index (χ1n) is 10.8. The molecule has 4 unspecified atom stereocenters. The Morgan fingerprint density at radius 2 is 1.62 bits per heavy atom. The highest BCUT2D eigenvalue weighted by Crippen LogP contribution is 2.46. The lowest BCUT2D eigenvalue weighted by Gasteiger charge is -2.53. The molecule has 1 saturated heterocycles. The average molecular weight is 451 g/mol. The fourth-order valence-corrected chi connectivity index (χ4v) is 4.86. The zero-order valence-electron chi connectivity index (χ0n) is 19.0. The summed E-state index contributed by atoms with van der Waals surface area (Å²) >= 11 is 0. The van der Waals surface area contributed by atoms with Crippen molar-refractivity contribution in [1.29, 1.82) is 0 Å². The molecule has 3 rings (SSSR count). The van der Waals surface area contributed by atoms with Crippen LogP contribution >= 0.6 is 0 Å². The molecule has 2 heterocycles. The highest BCUT2D eigenvalue weighted by molar-refractivity contribution is 5.88. The molecule has 32 heavy (non-hydrogen) atoms. The lowest BCUT2D eigenvalue weighted by Crippen LogP contribution is -2.59. The highest BCUT2D eigenvalue weighted by atomic mass is 16.4. The number of likely N-dealkylation sites (tertiary alicyclic amines) is 1. The Hall–Kier alpha value is -2.65. The van der Waals surface area contributed by atoms with E-state index in [0.717, 1.165) is 0 Å². The zero-order valence-corrected chi connectivity index (χ0v) is 19.0. The largest absolute Gasteiger partial charge is 0.481 e. The molecular weight excluding hydrogens is 416 g/mol. The van der Waals surface area contributed by atoms with Crippen molar-refractivity contribution in [3.63, 3.8) is 0 Å². The van der Waals surface area contributed by atoms with E-state index in [2.05, 4.69) is 62.3 Å². The van der Waals surface area contributed by atoms with Gasteiger partial charge < -0.3 is 30.6 Å². The van der Waals surface area contributed by atoms with E-state index in [1.165, 1.54) is 30.6 Å². The minimum atomic E-state index is -2.74. The summed E-state index contributed by atoms with van der Waals surface area (Å²) in [6.07, 6.45) is 0.232. The van der Waals surface area contributed by atoms with Gasteiger partial charge in [0.1, 0.15) is 0 Å².